The summed E-state index contributed by atoms with van der Waals surface area (Å²) in [6, 6.07) is 0. The van der Waals surface area contributed by atoms with Crippen molar-refractivity contribution in [1.82, 2.24) is 5.06 Å². The van der Waals surface area contributed by atoms with E-state index in [9.17, 15) is 0 Å². The van der Waals surface area contributed by atoms with Gasteiger partial charge >= 0.3 is 0 Å². The lowest BCUT2D eigenvalue weighted by molar-refractivity contribution is -0.0372. The second kappa shape index (κ2) is 1.26. The van der Waals surface area contributed by atoms with E-state index in [2.05, 4.69) is 0 Å². The summed E-state index contributed by atoms with van der Waals surface area (Å²) in [4.78, 5) is 0. The van der Waals surface area contributed by atoms with Crippen LogP contribution in [0.1, 0.15) is 0 Å². The van der Waals surface area contributed by atoms with Crippen molar-refractivity contribution >= 4 is 0 Å². The number of hydrogen-bond donors (Lipinski definition) is 0. The fourth-order valence-corrected chi connectivity index (χ4v) is 0. The molecule has 0 aromatic heterocycles. The predicted molar refractivity (Wildman–Crippen MR) is 17.3 cm³/mol. The van der Waals surface area contributed by atoms with E-state index >= 15 is 0 Å². The van der Waals surface area contributed by atoms with Gasteiger partial charge in [-0.1, -0.05) is 5.06 Å². The Kier molecular flexibility index (Phi) is 1.24. The Hall–Kier alpha value is -0.0800. The van der Waals surface area contributed by atoms with Crippen molar-refractivity contribution in [2.45, 2.75) is 0 Å². The van der Waals surface area contributed by atoms with Crippen molar-refractivity contribution in [1.29, 1.82) is 0 Å². The molecular weight excluding hydrogens is 54.0 g/mol. The van der Waals surface area contributed by atoms with Crippen LogP contribution in [0.15, 0.2) is 0 Å². The van der Waals surface area contributed by atoms with Crippen LogP contribution in [0.3, 0.4) is 0 Å². The minimum Gasteiger partial charge on any atom is -0.339 e. The van der Waals surface area contributed by atoms with E-state index in [0.29, 0.717) is 0 Å². The first-order valence-corrected chi connectivity index (χ1v) is 1.12. The predicted octanol–water partition coefficient (Wildman–Crippen LogP) is -0.812. The quantitative estimate of drug-likeness (QED) is 0.266. The van der Waals surface area contributed by atoms with Crippen LogP contribution in [0.4, 0.5) is 0 Å². The Morgan fingerprint density at radius 2 is 1.50 bits per heavy atom. The highest BCUT2D eigenvalue weighted by molar-refractivity contribution is 3.90. The van der Waals surface area contributed by atoms with E-state index in [1.165, 1.54) is 5.06 Å². The van der Waals surface area contributed by atoms with Crippen LogP contribution in [-0.4, -0.2) is 24.4 Å². The summed E-state index contributed by atoms with van der Waals surface area (Å²) in [5, 5.41) is 7.67. The molecule has 0 saturated heterocycles. The molecule has 0 aliphatic heterocycles. The van der Waals surface area contributed by atoms with Gasteiger partial charge in [0, 0.05) is 0 Å². The van der Waals surface area contributed by atoms with Crippen LogP contribution < -0.4 is 0 Å². The molecule has 0 amide bonds. The molecule has 0 fully saturated rings. The molecule has 2 nitrogen and oxygen atoms in total. The first kappa shape index (κ1) is 3.92. The third kappa shape index (κ3) is 254. The van der Waals surface area contributed by atoms with Crippen LogP contribution in [0, 0.1) is 0 Å². The standard InChI is InChI=1S/C2H7NO/c1-3(2)4/h4H,1-2H3/p+1. The van der Waals surface area contributed by atoms with Gasteiger partial charge in [-0.15, -0.1) is 0 Å². The fraction of sp³-hybridized carbons (Fsp3) is 1.00. The average Bonchev–Trinajstić information content (AvgIpc) is 0.811. The second-order valence-electron chi connectivity index (χ2n) is 0.894. The molecule has 0 saturated carbocycles. The topological polar surface area (TPSA) is 26.1 Å². The normalized spacial score (nSPS) is 9.00. The Balaban J connectivity index is 2.32. The van der Waals surface area contributed by atoms with Crippen LogP contribution in [-0.2, 0) is 0 Å². The summed E-state index contributed by atoms with van der Waals surface area (Å²) in [6.45, 7) is 0. The van der Waals surface area contributed by atoms with Crippen molar-refractivity contribution in [2.75, 3.05) is 14.1 Å². The molecule has 26 valence electrons. The minimum atomic E-state index is 1.25. The maximum absolute atomic E-state index is 6.42. The van der Waals surface area contributed by atoms with Gasteiger partial charge in [0.25, 0.3) is 0 Å². The van der Waals surface area contributed by atoms with Gasteiger partial charge in [-0.25, -0.2) is 0 Å². The SMILES string of the molecule is CN(C)[OH2+]. The van der Waals surface area contributed by atoms with Crippen molar-refractivity contribution in [2.24, 2.45) is 0 Å². The molecule has 0 atom stereocenters. The van der Waals surface area contributed by atoms with Gasteiger partial charge in [-0.2, -0.15) is 0 Å². The Morgan fingerprint density at radius 3 is 1.50 bits per heavy atom. The fourth-order valence-electron chi connectivity index (χ4n) is 0. The number of rotatable bonds is 0. The summed E-state index contributed by atoms with van der Waals surface area (Å²) >= 11 is 0. The molecule has 2 heteroatoms. The van der Waals surface area contributed by atoms with Crippen molar-refractivity contribution in [3.8, 4) is 0 Å². The van der Waals surface area contributed by atoms with Gasteiger partial charge in [-0.3, -0.25) is 0 Å². The highest BCUT2D eigenvalue weighted by Crippen LogP contribution is 1.46. The summed E-state index contributed by atoms with van der Waals surface area (Å²) in [5.41, 5.74) is 0. The largest absolute Gasteiger partial charge is 0.339 e. The molecule has 0 aliphatic rings. The molecule has 0 aromatic carbocycles. The maximum atomic E-state index is 6.42. The van der Waals surface area contributed by atoms with E-state index < -0.39 is 0 Å². The maximum Gasteiger partial charge on any atom is 0.0552 e. The van der Waals surface area contributed by atoms with Gasteiger partial charge in [0.05, 0.1) is 14.1 Å². The molecule has 0 rings (SSSR count). The first-order chi connectivity index (χ1) is 1.73. The molecule has 0 radical (unpaired) electrons. The van der Waals surface area contributed by atoms with Gasteiger partial charge in [-0.05, 0) is 0 Å². The lowest BCUT2D eigenvalue weighted by atomic mass is 11.2. The summed E-state index contributed by atoms with van der Waals surface area (Å²) in [7, 11) is 3.33. The lowest BCUT2D eigenvalue weighted by Gasteiger charge is -1.82. The zero-order chi connectivity index (χ0) is 3.58. The first-order valence-electron chi connectivity index (χ1n) is 1.12. The molecule has 0 aliphatic carbocycles. The Bertz CT molecular complexity index is 10.8. The third-order valence-corrected chi connectivity index (χ3v) is 0. The molecule has 0 aromatic rings. The van der Waals surface area contributed by atoms with Gasteiger partial charge in [0.1, 0.15) is 0 Å². The third-order valence-electron chi connectivity index (χ3n) is 0. The molecule has 0 spiro atoms. The van der Waals surface area contributed by atoms with Gasteiger partial charge in [0.15, 0.2) is 0 Å². The monoisotopic (exact) mass is 62.1 g/mol. The smallest absolute Gasteiger partial charge is 0.0552 e. The number of hydroxylamine groups is 2. The van der Waals surface area contributed by atoms with Gasteiger partial charge < -0.3 is 5.21 Å². The van der Waals surface area contributed by atoms with Gasteiger partial charge in [0.2, 0.25) is 0 Å². The zero-order valence-electron chi connectivity index (χ0n) is 2.95. The molecular formula is C2H8NO+. The molecule has 0 unspecified atom stereocenters. The van der Waals surface area contributed by atoms with E-state index in [1.807, 2.05) is 0 Å². The highest BCUT2D eigenvalue weighted by atomic mass is 16.5. The van der Waals surface area contributed by atoms with Crippen LogP contribution in [0.25, 0.3) is 0 Å². The van der Waals surface area contributed by atoms with Crippen LogP contribution in [0.5, 0.6) is 0 Å². The summed E-state index contributed by atoms with van der Waals surface area (Å²) in [6.07, 6.45) is 0. The number of nitrogens with zero attached hydrogens (tertiary/aromatic N) is 1. The molecule has 4 heavy (non-hydrogen) atoms. The van der Waals surface area contributed by atoms with E-state index in [4.69, 9.17) is 5.21 Å². The average molecular weight is 62.1 g/mol. The second-order valence-corrected chi connectivity index (χ2v) is 0.894. The van der Waals surface area contributed by atoms with Crippen LogP contribution in [0.2, 0.25) is 0 Å². The van der Waals surface area contributed by atoms with Crippen molar-refractivity contribution in [3.63, 3.8) is 0 Å². The van der Waals surface area contributed by atoms with Crippen molar-refractivity contribution < 1.29 is 5.21 Å². The highest BCUT2D eigenvalue weighted by Gasteiger charge is 1.66. The van der Waals surface area contributed by atoms with E-state index in [-0.39, 0.29) is 0 Å². The van der Waals surface area contributed by atoms with E-state index in [1.54, 1.807) is 14.1 Å². The molecule has 0 heterocycles. The minimum absolute atomic E-state index is 1.25. The summed E-state index contributed by atoms with van der Waals surface area (Å²) in [5.74, 6) is 0. The summed E-state index contributed by atoms with van der Waals surface area (Å²) < 4.78 is 0. The zero-order valence-corrected chi connectivity index (χ0v) is 2.95. The molecule has 0 bridgehead atoms. The Labute approximate surface area is 25.6 Å². The van der Waals surface area contributed by atoms with Crippen LogP contribution >= 0.6 is 0 Å². The lowest BCUT2D eigenvalue weighted by Crippen LogP contribution is -2.01. The number of hydrogen-bond acceptors (Lipinski definition) is 1. The van der Waals surface area contributed by atoms with Crippen molar-refractivity contribution in [3.05, 3.63) is 0 Å². The molecule has 2 N–H and O–H groups in total. The van der Waals surface area contributed by atoms with E-state index in [0.717, 1.165) is 0 Å². The Morgan fingerprint density at radius 1 is 1.50 bits per heavy atom.